The molecule has 90 valence electrons. The summed E-state index contributed by atoms with van der Waals surface area (Å²) in [5.74, 6) is -0.457. The highest BCUT2D eigenvalue weighted by molar-refractivity contribution is 5.86. The summed E-state index contributed by atoms with van der Waals surface area (Å²) in [7, 11) is 0. The number of aliphatic hydroxyl groups excluding tert-OH is 3. The first kappa shape index (κ1) is 16.5. The maximum absolute atomic E-state index is 10.6. The molecule has 5 nitrogen and oxygen atoms in total. The molecule has 15 heavy (non-hydrogen) atoms. The molecule has 0 fully saturated rings. The predicted molar refractivity (Wildman–Crippen MR) is 56.2 cm³/mol. The number of esters is 1. The van der Waals surface area contributed by atoms with Crippen LogP contribution in [0.4, 0.5) is 0 Å². The van der Waals surface area contributed by atoms with Crippen LogP contribution in [0.1, 0.15) is 20.3 Å². The Morgan fingerprint density at radius 2 is 1.87 bits per heavy atom. The van der Waals surface area contributed by atoms with Crippen LogP contribution in [-0.4, -0.2) is 47.2 Å². The van der Waals surface area contributed by atoms with Gasteiger partial charge in [0.1, 0.15) is 6.61 Å². The van der Waals surface area contributed by atoms with E-state index in [0.717, 1.165) is 0 Å². The molecule has 3 N–H and O–H groups in total. The van der Waals surface area contributed by atoms with Gasteiger partial charge in [-0.15, -0.1) is 0 Å². The summed E-state index contributed by atoms with van der Waals surface area (Å²) >= 11 is 0. The molecule has 0 spiro atoms. The second kappa shape index (κ2) is 11.2. The zero-order valence-corrected chi connectivity index (χ0v) is 9.27. The topological polar surface area (TPSA) is 87.0 Å². The number of carbonyl (C=O) groups is 1. The van der Waals surface area contributed by atoms with Gasteiger partial charge in [-0.3, -0.25) is 0 Å². The van der Waals surface area contributed by atoms with Crippen LogP contribution in [0.3, 0.4) is 0 Å². The van der Waals surface area contributed by atoms with Crippen LogP contribution < -0.4 is 0 Å². The van der Waals surface area contributed by atoms with E-state index in [1.54, 1.807) is 13.8 Å². The number of hydrogen-bond donors (Lipinski definition) is 3. The molecule has 5 heteroatoms. The lowest BCUT2D eigenvalue weighted by Gasteiger charge is -2.04. The monoisotopic (exact) mass is 220 g/mol. The molecule has 0 aromatic rings. The molecule has 0 saturated heterocycles. The lowest BCUT2D eigenvalue weighted by molar-refractivity contribution is -0.141. The Bertz CT molecular complexity index is 175. The van der Waals surface area contributed by atoms with Crippen LogP contribution in [0.5, 0.6) is 0 Å². The van der Waals surface area contributed by atoms with E-state index in [-0.39, 0.29) is 19.8 Å². The van der Waals surface area contributed by atoms with E-state index >= 15 is 0 Å². The molecule has 0 aliphatic heterocycles. The lowest BCUT2D eigenvalue weighted by atomic mass is 10.3. The van der Waals surface area contributed by atoms with Gasteiger partial charge in [-0.2, -0.15) is 0 Å². The minimum atomic E-state index is -0.608. The van der Waals surface area contributed by atoms with Crippen molar-refractivity contribution in [2.45, 2.75) is 26.4 Å². The van der Waals surface area contributed by atoms with Gasteiger partial charge < -0.3 is 20.1 Å². The summed E-state index contributed by atoms with van der Waals surface area (Å²) in [5.41, 5.74) is 0.348. The fourth-order valence-corrected chi connectivity index (χ4v) is 0.390. The average molecular weight is 220 g/mol. The maximum atomic E-state index is 10.6. The molecule has 1 unspecified atom stereocenters. The number of ether oxygens (including phenoxy) is 1. The Morgan fingerprint density at radius 1 is 1.40 bits per heavy atom. The molecule has 0 amide bonds. The standard InChI is InChI=1S/C7H12O3.C3H8O2/c1-5(2)7(9)10-4-6(3)8;4-2-1-3-5/h6,8H,1,4H2,2-3H3;4-5H,1-3H2. The van der Waals surface area contributed by atoms with Crippen LogP contribution in [0, 0.1) is 0 Å². The van der Waals surface area contributed by atoms with Crippen LogP contribution in [0.15, 0.2) is 12.2 Å². The van der Waals surface area contributed by atoms with Crippen molar-refractivity contribution in [3.05, 3.63) is 12.2 Å². The highest BCUT2D eigenvalue weighted by Crippen LogP contribution is 1.92. The summed E-state index contributed by atoms with van der Waals surface area (Å²) < 4.78 is 4.58. The van der Waals surface area contributed by atoms with Crippen molar-refractivity contribution < 1.29 is 24.9 Å². The fourth-order valence-electron chi connectivity index (χ4n) is 0.390. The molecule has 0 saturated carbocycles. The highest BCUT2D eigenvalue weighted by Gasteiger charge is 2.03. The van der Waals surface area contributed by atoms with E-state index in [1.165, 1.54) is 0 Å². The maximum Gasteiger partial charge on any atom is 0.333 e. The fraction of sp³-hybridized carbons (Fsp3) is 0.700. The van der Waals surface area contributed by atoms with E-state index in [1.807, 2.05) is 0 Å². The SMILES string of the molecule is C=C(C)C(=O)OCC(C)O.OCCCO. The number of rotatable bonds is 5. The van der Waals surface area contributed by atoms with E-state index in [9.17, 15) is 4.79 Å². The predicted octanol–water partition coefficient (Wildman–Crippen LogP) is -0.152. The van der Waals surface area contributed by atoms with Gasteiger partial charge in [0, 0.05) is 18.8 Å². The van der Waals surface area contributed by atoms with Crippen LogP contribution in [0.2, 0.25) is 0 Å². The first-order valence-corrected chi connectivity index (χ1v) is 4.68. The first-order valence-electron chi connectivity index (χ1n) is 4.68. The molecule has 0 aromatic carbocycles. The molecular weight excluding hydrogens is 200 g/mol. The van der Waals surface area contributed by atoms with Crippen molar-refractivity contribution in [1.29, 1.82) is 0 Å². The zero-order valence-electron chi connectivity index (χ0n) is 9.27. The number of hydrogen-bond acceptors (Lipinski definition) is 5. The number of aliphatic hydroxyl groups is 3. The van der Waals surface area contributed by atoms with Crippen molar-refractivity contribution in [1.82, 2.24) is 0 Å². The van der Waals surface area contributed by atoms with Crippen molar-refractivity contribution in [3.8, 4) is 0 Å². The van der Waals surface area contributed by atoms with Crippen molar-refractivity contribution in [2.24, 2.45) is 0 Å². The van der Waals surface area contributed by atoms with Crippen LogP contribution >= 0.6 is 0 Å². The third kappa shape index (κ3) is 15.8. The average Bonchev–Trinajstić information content (AvgIpc) is 2.16. The van der Waals surface area contributed by atoms with E-state index in [0.29, 0.717) is 12.0 Å². The summed E-state index contributed by atoms with van der Waals surface area (Å²) in [4.78, 5) is 10.6. The molecule has 0 rings (SSSR count). The smallest absolute Gasteiger partial charge is 0.333 e. The van der Waals surface area contributed by atoms with E-state index < -0.39 is 12.1 Å². The van der Waals surface area contributed by atoms with Crippen molar-refractivity contribution >= 4 is 5.97 Å². The summed E-state index contributed by atoms with van der Waals surface area (Å²) in [6, 6.07) is 0. The second-order valence-corrected chi connectivity index (χ2v) is 3.03. The Labute approximate surface area is 90.0 Å². The van der Waals surface area contributed by atoms with Gasteiger partial charge in [0.05, 0.1) is 6.10 Å². The Kier molecular flexibility index (Phi) is 12.3. The molecule has 0 aliphatic rings. The van der Waals surface area contributed by atoms with E-state index in [4.69, 9.17) is 15.3 Å². The first-order chi connectivity index (χ1) is 6.95. The van der Waals surface area contributed by atoms with Gasteiger partial charge in [-0.05, 0) is 20.3 Å². The quantitative estimate of drug-likeness (QED) is 0.443. The van der Waals surface area contributed by atoms with Crippen LogP contribution in [-0.2, 0) is 9.53 Å². The molecule has 0 aromatic heterocycles. The molecule has 0 radical (unpaired) electrons. The minimum absolute atomic E-state index is 0.0334. The van der Waals surface area contributed by atoms with Crippen molar-refractivity contribution in [2.75, 3.05) is 19.8 Å². The Morgan fingerprint density at radius 3 is 2.07 bits per heavy atom. The zero-order chi connectivity index (χ0) is 12.3. The molecule has 1 atom stereocenters. The second-order valence-electron chi connectivity index (χ2n) is 3.03. The third-order valence-electron chi connectivity index (χ3n) is 1.12. The van der Waals surface area contributed by atoms with Gasteiger partial charge in [-0.1, -0.05) is 6.58 Å². The molecule has 0 bridgehead atoms. The third-order valence-corrected chi connectivity index (χ3v) is 1.12. The largest absolute Gasteiger partial charge is 0.460 e. The Balaban J connectivity index is 0. The van der Waals surface area contributed by atoms with Gasteiger partial charge in [0.25, 0.3) is 0 Å². The van der Waals surface area contributed by atoms with E-state index in [2.05, 4.69) is 11.3 Å². The van der Waals surface area contributed by atoms with Gasteiger partial charge in [-0.25, -0.2) is 4.79 Å². The normalized spacial score (nSPS) is 11.0. The molecule has 0 heterocycles. The summed E-state index contributed by atoms with van der Waals surface area (Å²) in [5, 5.41) is 24.5. The van der Waals surface area contributed by atoms with Gasteiger partial charge in [0.15, 0.2) is 0 Å². The Hall–Kier alpha value is -0.910. The summed E-state index contributed by atoms with van der Waals surface area (Å²) in [6.45, 7) is 6.70. The molecular formula is C10H20O5. The van der Waals surface area contributed by atoms with Gasteiger partial charge >= 0.3 is 5.97 Å². The minimum Gasteiger partial charge on any atom is -0.460 e. The lowest BCUT2D eigenvalue weighted by Crippen LogP contribution is -2.15. The van der Waals surface area contributed by atoms with Crippen LogP contribution in [0.25, 0.3) is 0 Å². The van der Waals surface area contributed by atoms with Crippen molar-refractivity contribution in [3.63, 3.8) is 0 Å². The highest BCUT2D eigenvalue weighted by atomic mass is 16.5. The van der Waals surface area contributed by atoms with Gasteiger partial charge in [0.2, 0.25) is 0 Å². The number of carbonyl (C=O) groups excluding carboxylic acids is 1. The molecule has 0 aliphatic carbocycles. The summed E-state index contributed by atoms with van der Waals surface area (Å²) in [6.07, 6.45) is -0.108.